The third kappa shape index (κ3) is 3.09. The van der Waals surface area contributed by atoms with Gasteiger partial charge in [0, 0.05) is 0 Å². The number of rotatable bonds is 3. The molecule has 1 atom stereocenters. The number of aromatic nitrogens is 2. The Morgan fingerprint density at radius 1 is 1.10 bits per heavy atom. The van der Waals surface area contributed by atoms with Crippen molar-refractivity contribution in [2.24, 2.45) is 0 Å². The van der Waals surface area contributed by atoms with Crippen molar-refractivity contribution >= 4 is 33.1 Å². The molecule has 3 heterocycles. The van der Waals surface area contributed by atoms with Gasteiger partial charge >= 0.3 is 0 Å². The molecule has 1 aliphatic rings. The van der Waals surface area contributed by atoms with Crippen LogP contribution in [-0.2, 0) is 11.3 Å². The molecular formula is C22H17N3O3S. The zero-order valence-electron chi connectivity index (χ0n) is 15.4. The lowest BCUT2D eigenvalue weighted by Crippen LogP contribution is -2.43. The topological polar surface area (TPSA) is 64.4 Å². The molecule has 1 amide bonds. The number of anilines is 1. The van der Waals surface area contributed by atoms with E-state index < -0.39 is 0 Å². The van der Waals surface area contributed by atoms with Crippen LogP contribution in [0, 0.1) is 0 Å². The van der Waals surface area contributed by atoms with Gasteiger partial charge in [0.15, 0.2) is 0 Å². The van der Waals surface area contributed by atoms with Gasteiger partial charge in [-0.15, -0.1) is 11.3 Å². The molecule has 0 aliphatic carbocycles. The van der Waals surface area contributed by atoms with Crippen molar-refractivity contribution in [3.63, 3.8) is 0 Å². The van der Waals surface area contributed by atoms with Gasteiger partial charge in [0.1, 0.15) is 23.7 Å². The Kier molecular flexibility index (Phi) is 4.37. The van der Waals surface area contributed by atoms with Gasteiger partial charge in [-0.25, -0.2) is 4.98 Å². The molecule has 29 heavy (non-hydrogen) atoms. The maximum atomic E-state index is 13.4. The summed E-state index contributed by atoms with van der Waals surface area (Å²) in [5.41, 5.74) is 1.48. The number of benzene rings is 2. The van der Waals surface area contributed by atoms with E-state index in [4.69, 9.17) is 4.74 Å². The first-order valence-electron chi connectivity index (χ1n) is 9.24. The minimum absolute atomic E-state index is 0.0880. The Morgan fingerprint density at radius 2 is 1.90 bits per heavy atom. The maximum absolute atomic E-state index is 13.4. The highest BCUT2D eigenvalue weighted by Crippen LogP contribution is 2.39. The Labute approximate surface area is 170 Å². The number of thiophene rings is 1. The molecule has 5 rings (SSSR count). The summed E-state index contributed by atoms with van der Waals surface area (Å²) in [6, 6.07) is 18.7. The number of nitrogens with zero attached hydrogens (tertiary/aromatic N) is 3. The smallest absolute Gasteiger partial charge is 0.262 e. The Hall–Kier alpha value is -3.45. The summed E-state index contributed by atoms with van der Waals surface area (Å²) in [5, 5.41) is 2.36. The van der Waals surface area contributed by atoms with Gasteiger partial charge in [-0.2, -0.15) is 0 Å². The van der Waals surface area contributed by atoms with Crippen LogP contribution < -0.4 is 15.2 Å². The Balaban J connectivity index is 1.55. The van der Waals surface area contributed by atoms with E-state index in [1.54, 1.807) is 11.0 Å². The maximum Gasteiger partial charge on any atom is 0.262 e. The highest BCUT2D eigenvalue weighted by atomic mass is 32.1. The number of carbonyl (C=O) groups excluding carboxylic acids is 1. The van der Waals surface area contributed by atoms with Gasteiger partial charge in [0.05, 0.1) is 23.4 Å². The van der Waals surface area contributed by atoms with Crippen LogP contribution in [0.1, 0.15) is 11.6 Å². The summed E-state index contributed by atoms with van der Waals surface area (Å²) in [6.45, 7) is 0.263. The first kappa shape index (κ1) is 17.6. The van der Waals surface area contributed by atoms with Crippen LogP contribution in [0.3, 0.4) is 0 Å². The Bertz CT molecular complexity index is 1250. The molecule has 0 radical (unpaired) electrons. The summed E-state index contributed by atoms with van der Waals surface area (Å²) >= 11 is 1.41. The molecular weight excluding hydrogens is 386 g/mol. The summed E-state index contributed by atoms with van der Waals surface area (Å²) in [4.78, 5) is 32.9. The molecule has 2 aromatic carbocycles. The number of hydrogen-bond donors (Lipinski definition) is 0. The quantitative estimate of drug-likeness (QED) is 0.524. The van der Waals surface area contributed by atoms with Crippen molar-refractivity contribution in [1.29, 1.82) is 0 Å². The summed E-state index contributed by atoms with van der Waals surface area (Å²) in [5.74, 6) is 0.472. The van der Waals surface area contributed by atoms with Crippen LogP contribution in [0.4, 0.5) is 5.69 Å². The van der Waals surface area contributed by atoms with Crippen LogP contribution in [0.5, 0.6) is 5.75 Å². The molecule has 0 saturated heterocycles. The third-order valence-electron chi connectivity index (χ3n) is 5.04. The number of para-hydroxylation sites is 2. The van der Waals surface area contributed by atoms with Crippen LogP contribution in [0.15, 0.2) is 77.2 Å². The first-order valence-corrected chi connectivity index (χ1v) is 10.1. The van der Waals surface area contributed by atoms with E-state index in [1.807, 2.05) is 60.0 Å². The average Bonchev–Trinajstić information content (AvgIpc) is 3.25. The van der Waals surface area contributed by atoms with Gasteiger partial charge < -0.3 is 4.74 Å². The van der Waals surface area contributed by atoms with Crippen molar-refractivity contribution in [3.8, 4) is 5.75 Å². The van der Waals surface area contributed by atoms with Gasteiger partial charge in [-0.05, 0) is 29.1 Å². The molecule has 0 N–H and O–H groups in total. The van der Waals surface area contributed by atoms with Gasteiger partial charge in [-0.1, -0.05) is 42.5 Å². The molecule has 0 saturated carbocycles. The van der Waals surface area contributed by atoms with Gasteiger partial charge in [0.25, 0.3) is 5.56 Å². The lowest BCUT2D eigenvalue weighted by Gasteiger charge is -2.37. The van der Waals surface area contributed by atoms with E-state index >= 15 is 0 Å². The average molecular weight is 403 g/mol. The molecule has 2 aromatic heterocycles. The first-order chi connectivity index (χ1) is 14.2. The third-order valence-corrected chi connectivity index (χ3v) is 5.86. The van der Waals surface area contributed by atoms with Gasteiger partial charge in [0.2, 0.25) is 5.91 Å². The predicted molar refractivity (Wildman–Crippen MR) is 112 cm³/mol. The minimum Gasteiger partial charge on any atom is -0.489 e. The van der Waals surface area contributed by atoms with Crippen molar-refractivity contribution in [1.82, 2.24) is 9.55 Å². The van der Waals surface area contributed by atoms with E-state index in [-0.39, 0.29) is 24.1 Å². The number of hydrogen-bond acceptors (Lipinski definition) is 5. The summed E-state index contributed by atoms with van der Waals surface area (Å²) < 4.78 is 7.29. The van der Waals surface area contributed by atoms with Crippen molar-refractivity contribution < 1.29 is 9.53 Å². The second kappa shape index (κ2) is 7.18. The number of ether oxygens (including phenoxy) is 1. The van der Waals surface area contributed by atoms with Crippen LogP contribution >= 0.6 is 11.3 Å². The van der Waals surface area contributed by atoms with E-state index in [2.05, 4.69) is 4.98 Å². The molecule has 0 unspecified atom stereocenters. The zero-order valence-corrected chi connectivity index (χ0v) is 16.2. The van der Waals surface area contributed by atoms with Crippen molar-refractivity contribution in [2.45, 2.75) is 12.6 Å². The molecule has 144 valence electrons. The molecule has 0 spiro atoms. The van der Waals surface area contributed by atoms with Crippen molar-refractivity contribution in [3.05, 3.63) is 88.3 Å². The molecule has 4 aromatic rings. The normalized spacial score (nSPS) is 15.7. The summed E-state index contributed by atoms with van der Waals surface area (Å²) in [6.07, 6.45) is 1.45. The fourth-order valence-corrected chi connectivity index (χ4v) is 4.37. The number of fused-ring (bicyclic) bond motifs is 2. The van der Waals surface area contributed by atoms with Crippen LogP contribution in [0.25, 0.3) is 10.2 Å². The highest BCUT2D eigenvalue weighted by molar-refractivity contribution is 7.16. The fraction of sp³-hybridized carbons (Fsp3) is 0.136. The van der Waals surface area contributed by atoms with Crippen LogP contribution in [-0.4, -0.2) is 22.1 Å². The van der Waals surface area contributed by atoms with Crippen LogP contribution in [0.2, 0.25) is 0 Å². The van der Waals surface area contributed by atoms with Gasteiger partial charge in [-0.3, -0.25) is 19.1 Å². The SMILES string of the molecule is O=C(Cn1cnc2sccc2c1=O)N1c2ccccc2OC[C@@H]1c1ccccc1. The van der Waals surface area contributed by atoms with E-state index in [9.17, 15) is 9.59 Å². The molecule has 0 fully saturated rings. The lowest BCUT2D eigenvalue weighted by molar-refractivity contribution is -0.120. The zero-order chi connectivity index (χ0) is 19.8. The van der Waals surface area contributed by atoms with Crippen molar-refractivity contribution in [2.75, 3.05) is 11.5 Å². The molecule has 7 heteroatoms. The Morgan fingerprint density at radius 3 is 2.76 bits per heavy atom. The largest absolute Gasteiger partial charge is 0.489 e. The number of amides is 1. The molecule has 1 aliphatic heterocycles. The van der Waals surface area contributed by atoms with E-state index in [0.717, 1.165) is 5.56 Å². The monoisotopic (exact) mass is 403 g/mol. The van der Waals surface area contributed by atoms with E-state index in [0.29, 0.717) is 28.3 Å². The highest BCUT2D eigenvalue weighted by Gasteiger charge is 2.33. The predicted octanol–water partition coefficient (Wildman–Crippen LogP) is 3.62. The fourth-order valence-electron chi connectivity index (χ4n) is 3.65. The second-order valence-electron chi connectivity index (χ2n) is 6.79. The lowest BCUT2D eigenvalue weighted by atomic mass is 10.0. The minimum atomic E-state index is -0.271. The molecule has 0 bridgehead atoms. The number of carbonyl (C=O) groups is 1. The molecule has 6 nitrogen and oxygen atoms in total. The second-order valence-corrected chi connectivity index (χ2v) is 7.68. The summed E-state index contributed by atoms with van der Waals surface area (Å²) in [7, 11) is 0. The van der Waals surface area contributed by atoms with E-state index in [1.165, 1.54) is 22.2 Å². The standard InChI is InChI=1S/C22H17N3O3S/c26-20(12-24-14-23-21-16(22(24)27)10-11-29-21)25-17-8-4-5-9-19(17)28-13-18(25)15-6-2-1-3-7-15/h1-11,14,18H,12-13H2/t18-/m1/s1.